The van der Waals surface area contributed by atoms with E-state index in [1.807, 2.05) is 25.5 Å². The van der Waals surface area contributed by atoms with Crippen molar-refractivity contribution < 1.29 is 9.18 Å². The topological polar surface area (TPSA) is 65.4 Å². The molecule has 1 fully saturated rings. The normalized spacial score (nSPS) is 17.2. The summed E-state index contributed by atoms with van der Waals surface area (Å²) in [7, 11) is 1.89. The van der Waals surface area contributed by atoms with Crippen molar-refractivity contribution in [2.45, 2.75) is 13.0 Å². The van der Waals surface area contributed by atoms with Crippen molar-refractivity contribution >= 4 is 17.4 Å². The average Bonchev–Trinajstić information content (AvgIpc) is 3.11. The Kier molecular flexibility index (Phi) is 4.50. The number of piperazine rings is 1. The lowest BCUT2D eigenvalue weighted by Gasteiger charge is -2.35. The fourth-order valence-electron chi connectivity index (χ4n) is 3.56. The summed E-state index contributed by atoms with van der Waals surface area (Å²) in [5.74, 6) is -0.300. The Labute approximate surface area is 151 Å². The molecule has 2 aliphatic rings. The molecule has 138 valence electrons. The van der Waals surface area contributed by atoms with Crippen molar-refractivity contribution in [1.29, 1.82) is 0 Å². The Morgan fingerprint density at radius 3 is 2.81 bits per heavy atom. The van der Waals surface area contributed by atoms with E-state index in [1.54, 1.807) is 15.6 Å². The number of carbonyl (C=O) groups excluding carboxylic acids is 1. The number of amides is 2. The lowest BCUT2D eigenvalue weighted by Crippen LogP contribution is -2.50. The smallest absolute Gasteiger partial charge is 0.322 e. The maximum Gasteiger partial charge on any atom is 0.322 e. The number of aromatic nitrogens is 2. The number of nitrogens with zero attached hydrogens (tertiary/aromatic N) is 4. The van der Waals surface area contributed by atoms with Crippen LogP contribution in [0.25, 0.3) is 0 Å². The van der Waals surface area contributed by atoms with Gasteiger partial charge in [-0.2, -0.15) is 5.10 Å². The van der Waals surface area contributed by atoms with Gasteiger partial charge in [0.15, 0.2) is 0 Å². The minimum atomic E-state index is -0.300. The van der Waals surface area contributed by atoms with Gasteiger partial charge >= 0.3 is 6.03 Å². The van der Waals surface area contributed by atoms with Gasteiger partial charge in [0.1, 0.15) is 5.82 Å². The van der Waals surface area contributed by atoms with E-state index >= 15 is 0 Å². The van der Waals surface area contributed by atoms with E-state index in [4.69, 9.17) is 0 Å². The summed E-state index contributed by atoms with van der Waals surface area (Å²) in [6, 6.07) is 3.30. The SMILES string of the molecule is Cn1cc(N2CCN(C(=O)Nc3ccc4c(c3F)CCNC4)CC2)cn1. The van der Waals surface area contributed by atoms with Crippen molar-refractivity contribution in [2.24, 2.45) is 7.05 Å². The van der Waals surface area contributed by atoms with Crippen LogP contribution in [-0.2, 0) is 20.0 Å². The van der Waals surface area contributed by atoms with Crippen molar-refractivity contribution in [1.82, 2.24) is 20.0 Å². The maximum absolute atomic E-state index is 14.7. The second kappa shape index (κ2) is 6.95. The Morgan fingerprint density at radius 2 is 2.08 bits per heavy atom. The number of carbonyl (C=O) groups is 1. The van der Waals surface area contributed by atoms with Gasteiger partial charge in [-0.25, -0.2) is 9.18 Å². The number of halogens is 1. The molecule has 4 rings (SSSR count). The van der Waals surface area contributed by atoms with Crippen molar-refractivity contribution in [3.63, 3.8) is 0 Å². The van der Waals surface area contributed by atoms with Gasteiger partial charge in [0.25, 0.3) is 0 Å². The van der Waals surface area contributed by atoms with Crippen LogP contribution in [0.1, 0.15) is 11.1 Å². The number of hydrogen-bond acceptors (Lipinski definition) is 4. The molecule has 1 aromatic heterocycles. The van der Waals surface area contributed by atoms with Gasteiger partial charge in [0, 0.05) is 46.0 Å². The van der Waals surface area contributed by atoms with Gasteiger partial charge in [0.05, 0.1) is 17.6 Å². The molecule has 2 aromatic rings. The summed E-state index contributed by atoms with van der Waals surface area (Å²) in [5.41, 5.74) is 3.01. The molecule has 0 aliphatic carbocycles. The van der Waals surface area contributed by atoms with Crippen molar-refractivity contribution in [2.75, 3.05) is 42.9 Å². The number of anilines is 2. The minimum absolute atomic E-state index is 0.247. The highest BCUT2D eigenvalue weighted by Crippen LogP contribution is 2.25. The highest BCUT2D eigenvalue weighted by atomic mass is 19.1. The summed E-state index contributed by atoms with van der Waals surface area (Å²) in [6.45, 7) is 4.09. The van der Waals surface area contributed by atoms with E-state index in [2.05, 4.69) is 20.6 Å². The molecule has 0 bridgehead atoms. The van der Waals surface area contributed by atoms with Crippen molar-refractivity contribution in [3.05, 3.63) is 41.5 Å². The minimum Gasteiger partial charge on any atom is -0.365 e. The summed E-state index contributed by atoms with van der Waals surface area (Å²) >= 11 is 0. The Hall–Kier alpha value is -2.61. The lowest BCUT2D eigenvalue weighted by atomic mass is 9.99. The highest BCUT2D eigenvalue weighted by Gasteiger charge is 2.24. The molecule has 0 radical (unpaired) electrons. The number of aryl methyl sites for hydroxylation is 1. The van der Waals surface area contributed by atoms with E-state index in [9.17, 15) is 9.18 Å². The van der Waals surface area contributed by atoms with Crippen LogP contribution in [0.4, 0.5) is 20.6 Å². The molecule has 8 heteroatoms. The van der Waals surface area contributed by atoms with E-state index < -0.39 is 0 Å². The Balaban J connectivity index is 1.39. The number of benzene rings is 1. The zero-order valence-electron chi connectivity index (χ0n) is 14.8. The fourth-order valence-corrected chi connectivity index (χ4v) is 3.56. The van der Waals surface area contributed by atoms with E-state index in [0.717, 1.165) is 30.9 Å². The van der Waals surface area contributed by atoms with Gasteiger partial charge in [0.2, 0.25) is 0 Å². The molecule has 2 N–H and O–H groups in total. The number of rotatable bonds is 2. The predicted molar refractivity (Wildman–Crippen MR) is 97.8 cm³/mol. The molecule has 2 aliphatic heterocycles. The van der Waals surface area contributed by atoms with Crippen LogP contribution < -0.4 is 15.5 Å². The van der Waals surface area contributed by atoms with Gasteiger partial charge in [-0.1, -0.05) is 6.07 Å². The molecule has 0 unspecified atom stereocenters. The first-order valence-electron chi connectivity index (χ1n) is 8.92. The fraction of sp³-hybridized carbons (Fsp3) is 0.444. The second-order valence-corrected chi connectivity index (χ2v) is 6.77. The Bertz CT molecular complexity index is 812. The van der Waals surface area contributed by atoms with Gasteiger partial charge < -0.3 is 20.4 Å². The van der Waals surface area contributed by atoms with E-state index in [1.165, 1.54) is 0 Å². The zero-order valence-corrected chi connectivity index (χ0v) is 14.8. The molecule has 3 heterocycles. The number of fused-ring (bicyclic) bond motifs is 1. The number of hydrogen-bond donors (Lipinski definition) is 2. The first-order valence-corrected chi connectivity index (χ1v) is 8.92. The maximum atomic E-state index is 14.7. The third-order valence-electron chi connectivity index (χ3n) is 5.07. The largest absolute Gasteiger partial charge is 0.365 e. The summed E-state index contributed by atoms with van der Waals surface area (Å²) in [6.07, 6.45) is 4.44. The molecule has 1 aromatic carbocycles. The monoisotopic (exact) mass is 358 g/mol. The third-order valence-corrected chi connectivity index (χ3v) is 5.07. The lowest BCUT2D eigenvalue weighted by molar-refractivity contribution is 0.208. The standard InChI is InChI=1S/C18H23FN6O/c1-23-12-14(11-21-23)24-6-8-25(9-7-24)18(26)22-16-3-2-13-10-20-5-4-15(13)17(16)19/h2-3,11-12,20H,4-10H2,1H3,(H,22,26). The van der Waals surface area contributed by atoms with Crippen LogP contribution >= 0.6 is 0 Å². The average molecular weight is 358 g/mol. The molecule has 1 saturated heterocycles. The van der Waals surface area contributed by atoms with Crippen LogP contribution in [0.15, 0.2) is 24.5 Å². The van der Waals surface area contributed by atoms with Crippen LogP contribution in [0.3, 0.4) is 0 Å². The van der Waals surface area contributed by atoms with E-state index in [-0.39, 0.29) is 17.5 Å². The predicted octanol–water partition coefficient (Wildman–Crippen LogP) is 1.56. The van der Waals surface area contributed by atoms with Crippen molar-refractivity contribution in [3.8, 4) is 0 Å². The van der Waals surface area contributed by atoms with Crippen LogP contribution in [-0.4, -0.2) is 53.4 Å². The summed E-state index contributed by atoms with van der Waals surface area (Å²) in [4.78, 5) is 16.5. The third kappa shape index (κ3) is 3.24. The Morgan fingerprint density at radius 1 is 1.27 bits per heavy atom. The summed E-state index contributed by atoms with van der Waals surface area (Å²) in [5, 5.41) is 10.2. The van der Waals surface area contributed by atoms with Gasteiger partial charge in [-0.15, -0.1) is 0 Å². The molecular formula is C18H23FN6O. The quantitative estimate of drug-likeness (QED) is 0.855. The molecule has 0 saturated carbocycles. The van der Waals surface area contributed by atoms with Gasteiger partial charge in [-0.3, -0.25) is 4.68 Å². The first kappa shape index (κ1) is 16.8. The second-order valence-electron chi connectivity index (χ2n) is 6.77. The van der Waals surface area contributed by atoms with Gasteiger partial charge in [-0.05, 0) is 30.2 Å². The molecule has 7 nitrogen and oxygen atoms in total. The molecule has 2 amide bonds. The molecule has 26 heavy (non-hydrogen) atoms. The molecule has 0 atom stereocenters. The number of nitrogens with one attached hydrogen (secondary N) is 2. The first-order chi connectivity index (χ1) is 12.6. The van der Waals surface area contributed by atoms with E-state index in [0.29, 0.717) is 31.6 Å². The van der Waals surface area contributed by atoms with Crippen LogP contribution in [0.2, 0.25) is 0 Å². The summed E-state index contributed by atoms with van der Waals surface area (Å²) < 4.78 is 16.5. The number of urea groups is 1. The molecular weight excluding hydrogens is 335 g/mol. The zero-order chi connectivity index (χ0) is 18.1. The van der Waals surface area contributed by atoms with Crippen LogP contribution in [0.5, 0.6) is 0 Å². The van der Waals surface area contributed by atoms with Crippen LogP contribution in [0, 0.1) is 5.82 Å². The highest BCUT2D eigenvalue weighted by molar-refractivity contribution is 5.89. The molecule has 0 spiro atoms.